The fraction of sp³-hybridized carbons (Fsp3) is 0.0909. The summed E-state index contributed by atoms with van der Waals surface area (Å²) in [5.41, 5.74) is 17.1. The van der Waals surface area contributed by atoms with Gasteiger partial charge >= 0.3 is 0 Å². The zero-order chi connectivity index (χ0) is 38.4. The number of rotatable bonds is 2. The lowest BCUT2D eigenvalue weighted by Crippen LogP contribution is -2.40. The first-order chi connectivity index (χ1) is 29.3. The monoisotopic (exact) mass is 755 g/mol. The minimum Gasteiger partial charge on any atom is -0.457 e. The molecule has 59 heavy (non-hydrogen) atoms. The van der Waals surface area contributed by atoms with E-state index in [0.717, 1.165) is 36.5 Å². The molecule has 3 aliphatic heterocycles. The van der Waals surface area contributed by atoms with Crippen LogP contribution in [0.3, 0.4) is 0 Å². The minimum atomic E-state index is -0.560. The summed E-state index contributed by atoms with van der Waals surface area (Å²) in [6, 6.07) is 56.8. The van der Waals surface area contributed by atoms with Gasteiger partial charge in [0.1, 0.15) is 11.5 Å². The second kappa shape index (κ2) is 11.4. The summed E-state index contributed by atoms with van der Waals surface area (Å²) >= 11 is 0. The van der Waals surface area contributed by atoms with Crippen molar-refractivity contribution in [1.82, 2.24) is 9.13 Å². The first kappa shape index (κ1) is 31.7. The summed E-state index contributed by atoms with van der Waals surface area (Å²) in [5.74, 6) is 2.30. The summed E-state index contributed by atoms with van der Waals surface area (Å²) in [6.45, 7) is 0. The van der Waals surface area contributed by atoms with E-state index in [9.17, 15) is 0 Å². The molecule has 4 nitrogen and oxygen atoms in total. The molecule has 0 saturated heterocycles. The van der Waals surface area contributed by atoms with Gasteiger partial charge in [0.05, 0.1) is 33.2 Å². The van der Waals surface area contributed by atoms with Crippen LogP contribution in [0.5, 0.6) is 5.75 Å². The van der Waals surface area contributed by atoms with Gasteiger partial charge in [-0.1, -0.05) is 109 Å². The number of ether oxygens (including phenoxy) is 1. The maximum atomic E-state index is 7.10. The first-order valence-electron chi connectivity index (χ1n) is 20.9. The van der Waals surface area contributed by atoms with Crippen LogP contribution < -0.4 is 9.64 Å². The van der Waals surface area contributed by atoms with Crippen molar-refractivity contribution in [3.05, 3.63) is 221 Å². The average Bonchev–Trinajstić information content (AvgIpc) is 3.93. The molecule has 9 aromatic rings. The molecule has 1 spiro atoms. The van der Waals surface area contributed by atoms with Crippen LogP contribution in [0.2, 0.25) is 0 Å². The maximum Gasteiger partial charge on any atom is 0.132 e. The third kappa shape index (κ3) is 3.94. The van der Waals surface area contributed by atoms with Crippen molar-refractivity contribution in [3.8, 4) is 17.1 Å². The molecular weight excluding hydrogens is 719 g/mol. The van der Waals surface area contributed by atoms with E-state index in [4.69, 9.17) is 4.74 Å². The number of para-hydroxylation sites is 5. The molecule has 5 heterocycles. The topological polar surface area (TPSA) is 22.3 Å². The molecule has 0 radical (unpaired) electrons. The van der Waals surface area contributed by atoms with E-state index >= 15 is 0 Å². The Kier molecular flexibility index (Phi) is 6.15. The molecule has 278 valence electrons. The van der Waals surface area contributed by atoms with Crippen molar-refractivity contribution in [2.75, 3.05) is 4.90 Å². The molecule has 0 amide bonds. The van der Waals surface area contributed by atoms with Gasteiger partial charge in [0.15, 0.2) is 0 Å². The zero-order valence-corrected chi connectivity index (χ0v) is 32.3. The highest BCUT2D eigenvalue weighted by molar-refractivity contribution is 6.13. The van der Waals surface area contributed by atoms with E-state index in [-0.39, 0.29) is 0 Å². The molecule has 14 rings (SSSR count). The van der Waals surface area contributed by atoms with E-state index in [1.165, 1.54) is 94.2 Å². The van der Waals surface area contributed by atoms with Crippen molar-refractivity contribution in [3.63, 3.8) is 0 Å². The van der Waals surface area contributed by atoms with Crippen molar-refractivity contribution in [1.29, 1.82) is 0 Å². The van der Waals surface area contributed by atoms with E-state index in [1.54, 1.807) is 0 Å². The largest absolute Gasteiger partial charge is 0.457 e. The van der Waals surface area contributed by atoms with Gasteiger partial charge in [-0.3, -0.25) is 0 Å². The Labute approximate surface area is 341 Å². The number of allylic oxidation sites excluding steroid dienone is 7. The van der Waals surface area contributed by atoms with Gasteiger partial charge in [-0.2, -0.15) is 0 Å². The van der Waals surface area contributed by atoms with Gasteiger partial charge < -0.3 is 18.8 Å². The lowest BCUT2D eigenvalue weighted by molar-refractivity contribution is 0.387. The van der Waals surface area contributed by atoms with Crippen molar-refractivity contribution in [2.24, 2.45) is 0 Å². The molecule has 2 unspecified atom stereocenters. The van der Waals surface area contributed by atoms with Crippen molar-refractivity contribution >= 4 is 55.0 Å². The molecule has 0 N–H and O–H groups in total. The fourth-order valence-electron chi connectivity index (χ4n) is 11.7. The second-order valence-electron chi connectivity index (χ2n) is 16.6. The van der Waals surface area contributed by atoms with Crippen LogP contribution in [0, 0.1) is 0 Å². The van der Waals surface area contributed by atoms with Crippen LogP contribution in [-0.4, -0.2) is 9.13 Å². The predicted molar refractivity (Wildman–Crippen MR) is 241 cm³/mol. The summed E-state index contributed by atoms with van der Waals surface area (Å²) in [7, 11) is 0. The Hall–Kier alpha value is -7.30. The number of nitrogens with zero attached hydrogens (tertiary/aromatic N) is 3. The van der Waals surface area contributed by atoms with E-state index in [1.807, 2.05) is 0 Å². The third-order valence-corrected chi connectivity index (χ3v) is 13.9. The van der Waals surface area contributed by atoms with Crippen molar-refractivity contribution < 1.29 is 4.74 Å². The second-order valence-corrected chi connectivity index (χ2v) is 16.6. The van der Waals surface area contributed by atoms with E-state index < -0.39 is 5.41 Å². The predicted octanol–water partition coefficient (Wildman–Crippen LogP) is 13.6. The molecule has 0 bridgehead atoms. The maximum absolute atomic E-state index is 7.10. The Morgan fingerprint density at radius 3 is 2.15 bits per heavy atom. The number of hydrogen-bond donors (Lipinski definition) is 0. The van der Waals surface area contributed by atoms with Crippen LogP contribution in [0.4, 0.5) is 11.4 Å². The highest BCUT2D eigenvalue weighted by Gasteiger charge is 2.51. The lowest BCUT2D eigenvalue weighted by Gasteiger charge is -2.46. The minimum absolute atomic E-state index is 0.390. The quantitative estimate of drug-likeness (QED) is 0.175. The standard InChI is InChI=1S/C55H37N3O/c1-7-22-46-36(14-1)37-15-2-8-23-47(37)56(46)34-28-30-35(31-29-34)57-48-24-9-4-17-39(48)41-32-53-45(33-51(41)57)55(43-20-6-12-27-52(43)59-53)42-19-5-11-26-50(42)58-49-25-10-3-16-38(49)40-18-13-21-44(55)54(40)58/h1-5,7-14,16-19,21-33,37H,6,15,20H2. The average molecular weight is 756 g/mol. The Morgan fingerprint density at radius 1 is 0.559 bits per heavy atom. The molecule has 0 fully saturated rings. The molecular formula is C55H37N3O. The first-order valence-corrected chi connectivity index (χ1v) is 20.9. The zero-order valence-electron chi connectivity index (χ0n) is 32.3. The van der Waals surface area contributed by atoms with Gasteiger partial charge in [-0.15, -0.1) is 0 Å². The van der Waals surface area contributed by atoms with Gasteiger partial charge in [-0.05, 0) is 114 Å². The molecule has 0 saturated carbocycles. The summed E-state index contributed by atoms with van der Waals surface area (Å²) in [4.78, 5) is 2.46. The number of benzene rings is 7. The molecule has 7 aromatic carbocycles. The number of anilines is 2. The number of hydrogen-bond acceptors (Lipinski definition) is 2. The van der Waals surface area contributed by atoms with Crippen LogP contribution >= 0.6 is 0 Å². The molecule has 2 aliphatic carbocycles. The van der Waals surface area contributed by atoms with Crippen LogP contribution in [0.1, 0.15) is 47.4 Å². The van der Waals surface area contributed by atoms with Gasteiger partial charge in [0.2, 0.25) is 0 Å². The van der Waals surface area contributed by atoms with Crippen LogP contribution in [-0.2, 0) is 5.41 Å². The van der Waals surface area contributed by atoms with Crippen LogP contribution in [0.25, 0.3) is 55.0 Å². The van der Waals surface area contributed by atoms with Gasteiger partial charge in [0.25, 0.3) is 0 Å². The van der Waals surface area contributed by atoms with E-state index in [0.29, 0.717) is 5.92 Å². The number of fused-ring (bicyclic) bond motifs is 16. The highest BCUT2D eigenvalue weighted by Crippen LogP contribution is 2.61. The summed E-state index contributed by atoms with van der Waals surface area (Å²) in [6.07, 6.45) is 14.2. The van der Waals surface area contributed by atoms with Gasteiger partial charge in [-0.25, -0.2) is 0 Å². The van der Waals surface area contributed by atoms with Gasteiger partial charge in [0, 0.05) is 55.8 Å². The summed E-state index contributed by atoms with van der Waals surface area (Å²) < 4.78 is 12.1. The number of aromatic nitrogens is 2. The fourth-order valence-corrected chi connectivity index (χ4v) is 11.7. The van der Waals surface area contributed by atoms with Crippen molar-refractivity contribution in [2.45, 2.75) is 30.6 Å². The Morgan fingerprint density at radius 2 is 1.27 bits per heavy atom. The van der Waals surface area contributed by atoms with Crippen LogP contribution in [0.15, 0.2) is 199 Å². The molecule has 2 aromatic heterocycles. The Balaban J connectivity index is 1.04. The SMILES string of the molecule is C1=CCC2C(=C1)N(c1ccc(-n3c4ccccc4c4cc5c(cc43)C3(C4=C(C=CCC4)O5)c4ccccc4-n4c5ccccc5c5cccc3c54)cc1)c1ccccc12. The summed E-state index contributed by atoms with van der Waals surface area (Å²) in [5, 5.41) is 4.97. The molecule has 4 heteroatoms. The Bertz CT molecular complexity index is 3460. The normalized spacial score (nSPS) is 19.6. The smallest absolute Gasteiger partial charge is 0.132 e. The third-order valence-electron chi connectivity index (χ3n) is 13.9. The molecule has 5 aliphatic rings. The van der Waals surface area contributed by atoms with E-state index in [2.05, 4.69) is 196 Å². The highest BCUT2D eigenvalue weighted by atomic mass is 16.5. The lowest BCUT2D eigenvalue weighted by atomic mass is 9.60. The molecule has 2 atom stereocenters.